The van der Waals surface area contributed by atoms with Crippen LogP contribution in [0.1, 0.15) is 101 Å². The molecule has 5 atom stereocenters. The topological polar surface area (TPSA) is 23.5 Å². The molecule has 3 saturated carbocycles. The summed E-state index contributed by atoms with van der Waals surface area (Å²) in [6.45, 7) is 4.04. The van der Waals surface area contributed by atoms with Crippen molar-refractivity contribution in [3.8, 4) is 5.75 Å². The van der Waals surface area contributed by atoms with Gasteiger partial charge in [-0.25, -0.2) is 0 Å². The molecule has 0 saturated heterocycles. The molecular weight excluding hydrogens is 653 g/mol. The Hall–Kier alpha value is -1.30. The van der Waals surface area contributed by atoms with Crippen LogP contribution in [0.4, 0.5) is 39.5 Å². The van der Waals surface area contributed by atoms with Gasteiger partial charge in [0, 0.05) is 6.42 Å². The van der Waals surface area contributed by atoms with E-state index in [-0.39, 0.29) is 0 Å². The van der Waals surface area contributed by atoms with Gasteiger partial charge in [-0.15, -0.1) is 0 Å². The lowest BCUT2D eigenvalue weighted by Crippen LogP contribution is -2.60. The summed E-state index contributed by atoms with van der Waals surface area (Å²) in [7, 11) is 1.93. The van der Waals surface area contributed by atoms with E-state index < -0.39 is 36.1 Å². The fourth-order valence-corrected chi connectivity index (χ4v) is 10.6. The number of hydrogen-bond donors (Lipinski definition) is 1. The van der Waals surface area contributed by atoms with Gasteiger partial charge in [0.1, 0.15) is 5.75 Å². The Bertz CT molecular complexity index is 1240. The van der Waals surface area contributed by atoms with Crippen LogP contribution in [0.15, 0.2) is 18.2 Å². The second kappa shape index (κ2) is 13.4. The molecule has 2 nitrogen and oxygen atoms in total. The van der Waals surface area contributed by atoms with Gasteiger partial charge in [0.25, 0.3) is 0 Å². The SMILES string of the molecule is CN(CCCCCC1Cc2cc(O)ccc2C2CC[C@@]3(C)C(CCC34CC4)C12)CCCSCCC(F)(F)C(F)(F)C(F)(F)C(F)(F)F. The minimum Gasteiger partial charge on any atom is -0.508 e. The molecule has 0 aromatic heterocycles. The molecule has 0 radical (unpaired) electrons. The van der Waals surface area contributed by atoms with Crippen LogP contribution >= 0.6 is 11.8 Å². The van der Waals surface area contributed by atoms with E-state index in [1.54, 1.807) is 0 Å². The van der Waals surface area contributed by atoms with Crippen molar-refractivity contribution in [2.24, 2.45) is 28.6 Å². The van der Waals surface area contributed by atoms with Crippen molar-refractivity contribution in [2.75, 3.05) is 31.6 Å². The summed E-state index contributed by atoms with van der Waals surface area (Å²) in [6, 6.07) is 6.00. The third-order valence-corrected chi connectivity index (χ3v) is 13.6. The number of phenols is 1. The average molecular weight is 702 g/mol. The summed E-state index contributed by atoms with van der Waals surface area (Å²) in [5, 5.41) is 10.2. The molecule has 268 valence electrons. The zero-order chi connectivity index (χ0) is 34.5. The number of halogens is 9. The molecule has 0 heterocycles. The van der Waals surface area contributed by atoms with E-state index >= 15 is 0 Å². The molecule has 1 aromatic rings. The highest BCUT2D eigenvalue weighted by molar-refractivity contribution is 7.99. The van der Waals surface area contributed by atoms with Crippen molar-refractivity contribution in [2.45, 2.75) is 120 Å². The van der Waals surface area contributed by atoms with Crippen LogP contribution in [-0.4, -0.2) is 65.6 Å². The quantitative estimate of drug-likeness (QED) is 0.145. The van der Waals surface area contributed by atoms with Crippen LogP contribution in [0.2, 0.25) is 0 Å². The molecule has 0 bridgehead atoms. The summed E-state index contributed by atoms with van der Waals surface area (Å²) in [6.07, 6.45) is 5.38. The Morgan fingerprint density at radius 2 is 1.55 bits per heavy atom. The molecule has 4 aliphatic rings. The van der Waals surface area contributed by atoms with Gasteiger partial charge in [0.2, 0.25) is 0 Å². The van der Waals surface area contributed by atoms with Crippen LogP contribution in [0.25, 0.3) is 0 Å². The van der Waals surface area contributed by atoms with E-state index in [0.717, 1.165) is 56.3 Å². The number of fused-ring (bicyclic) bond motifs is 6. The Morgan fingerprint density at radius 3 is 2.23 bits per heavy atom. The van der Waals surface area contributed by atoms with Crippen LogP contribution in [0, 0.1) is 28.6 Å². The lowest BCUT2D eigenvalue weighted by molar-refractivity contribution is -0.396. The lowest BCUT2D eigenvalue weighted by Gasteiger charge is -2.54. The van der Waals surface area contributed by atoms with E-state index in [9.17, 15) is 44.6 Å². The molecule has 0 amide bonds. The number of aromatic hydroxyl groups is 1. The summed E-state index contributed by atoms with van der Waals surface area (Å²) in [5.41, 5.74) is 3.81. The molecule has 4 unspecified atom stereocenters. The molecule has 5 rings (SSSR count). The van der Waals surface area contributed by atoms with Gasteiger partial charge in [-0.05, 0) is 154 Å². The molecule has 4 aliphatic carbocycles. The van der Waals surface area contributed by atoms with Crippen molar-refractivity contribution in [3.05, 3.63) is 29.3 Å². The first-order valence-electron chi connectivity index (χ1n) is 17.2. The van der Waals surface area contributed by atoms with Gasteiger partial charge < -0.3 is 10.0 Å². The maximum Gasteiger partial charge on any atom is 0.460 e. The van der Waals surface area contributed by atoms with Gasteiger partial charge in [-0.2, -0.15) is 51.3 Å². The third-order valence-electron chi connectivity index (χ3n) is 12.5. The molecule has 1 spiro atoms. The first-order valence-corrected chi connectivity index (χ1v) is 18.3. The van der Waals surface area contributed by atoms with Crippen molar-refractivity contribution >= 4 is 11.8 Å². The van der Waals surface area contributed by atoms with E-state index in [2.05, 4.69) is 17.9 Å². The number of thioether (sulfide) groups is 1. The number of nitrogens with zero attached hydrogens (tertiary/aromatic N) is 1. The van der Waals surface area contributed by atoms with E-state index in [1.165, 1.54) is 49.7 Å². The first-order chi connectivity index (χ1) is 21.9. The van der Waals surface area contributed by atoms with Gasteiger partial charge in [-0.1, -0.05) is 25.8 Å². The van der Waals surface area contributed by atoms with E-state index in [1.807, 2.05) is 19.2 Å². The smallest absolute Gasteiger partial charge is 0.460 e. The molecular formula is C35H48F9NOS. The molecule has 12 heteroatoms. The minimum atomic E-state index is -6.82. The standard InChI is InChI=1S/C35H48F9NOS/c1-30-12-10-27-26-9-8-25(46)22-24(26)21-23(29(27)28(30)11-13-31(30)14-15-31)7-4-3-5-17-45(2)18-6-19-47-20-16-32(36,37)33(38,39)34(40,41)35(42,43)44/h8-9,22-23,27-29,46H,3-7,10-21H2,1-2H3/t23?,27?,28?,29?,30-/m0/s1. The summed E-state index contributed by atoms with van der Waals surface area (Å²) < 4.78 is 117. The normalized spacial score (nSPS) is 28.8. The number of benzene rings is 1. The minimum absolute atomic E-state index is 0.296. The number of hydrogen-bond acceptors (Lipinski definition) is 3. The first kappa shape index (κ1) is 37.0. The lowest BCUT2D eigenvalue weighted by atomic mass is 9.50. The highest BCUT2D eigenvalue weighted by Crippen LogP contribution is 2.76. The average Bonchev–Trinajstić information content (AvgIpc) is 3.72. The molecule has 3 fully saturated rings. The van der Waals surface area contributed by atoms with Crippen LogP contribution in [-0.2, 0) is 6.42 Å². The Labute approximate surface area is 276 Å². The molecule has 1 N–H and O–H groups in total. The Kier molecular flexibility index (Phi) is 10.6. The number of rotatable bonds is 15. The number of unbranched alkanes of at least 4 members (excludes halogenated alkanes) is 2. The zero-order valence-electron chi connectivity index (χ0n) is 27.3. The maximum absolute atomic E-state index is 13.7. The van der Waals surface area contributed by atoms with Crippen molar-refractivity contribution in [1.82, 2.24) is 4.90 Å². The summed E-state index contributed by atoms with van der Waals surface area (Å²) >= 11 is 0.837. The highest BCUT2D eigenvalue weighted by atomic mass is 32.2. The van der Waals surface area contributed by atoms with E-state index in [0.29, 0.717) is 53.1 Å². The Balaban J connectivity index is 1.02. The number of phenolic OH excluding ortho intramolecular Hbond substituents is 1. The van der Waals surface area contributed by atoms with Gasteiger partial charge in [-0.3, -0.25) is 0 Å². The fraction of sp³-hybridized carbons (Fsp3) is 0.829. The van der Waals surface area contributed by atoms with Crippen molar-refractivity contribution in [1.29, 1.82) is 0 Å². The van der Waals surface area contributed by atoms with Crippen LogP contribution in [0.3, 0.4) is 0 Å². The van der Waals surface area contributed by atoms with Gasteiger partial charge in [0.15, 0.2) is 0 Å². The van der Waals surface area contributed by atoms with Gasteiger partial charge >= 0.3 is 23.9 Å². The maximum atomic E-state index is 13.7. The molecule has 1 aromatic carbocycles. The van der Waals surface area contributed by atoms with Crippen molar-refractivity contribution in [3.63, 3.8) is 0 Å². The van der Waals surface area contributed by atoms with Crippen LogP contribution in [0.5, 0.6) is 5.75 Å². The number of alkyl halides is 9. The zero-order valence-corrected chi connectivity index (χ0v) is 28.1. The van der Waals surface area contributed by atoms with Crippen molar-refractivity contribution < 1.29 is 44.6 Å². The molecule has 47 heavy (non-hydrogen) atoms. The van der Waals surface area contributed by atoms with Crippen LogP contribution < -0.4 is 0 Å². The Morgan fingerprint density at radius 1 is 0.851 bits per heavy atom. The fourth-order valence-electron chi connectivity index (χ4n) is 9.64. The monoisotopic (exact) mass is 701 g/mol. The molecule has 0 aliphatic heterocycles. The largest absolute Gasteiger partial charge is 0.508 e. The van der Waals surface area contributed by atoms with E-state index in [4.69, 9.17) is 0 Å². The van der Waals surface area contributed by atoms with Gasteiger partial charge in [0.05, 0.1) is 0 Å². The second-order valence-corrected chi connectivity index (χ2v) is 16.4. The highest BCUT2D eigenvalue weighted by Gasteiger charge is 2.81. The predicted octanol–water partition coefficient (Wildman–Crippen LogP) is 10.7. The summed E-state index contributed by atoms with van der Waals surface area (Å²) in [4.78, 5) is 2.10. The third kappa shape index (κ3) is 6.90. The predicted molar refractivity (Wildman–Crippen MR) is 167 cm³/mol. The second-order valence-electron chi connectivity index (χ2n) is 15.1. The summed E-state index contributed by atoms with van der Waals surface area (Å²) in [5.74, 6) is -16.2.